The number of hydrogen-bond donors (Lipinski definition) is 8. The Morgan fingerprint density at radius 3 is 2.36 bits per heavy atom. The summed E-state index contributed by atoms with van der Waals surface area (Å²) in [5, 5.41) is 84.9. The lowest BCUT2D eigenvalue weighted by atomic mass is 9.42. The molecule has 6 rings (SSSR count). The number of rotatable bonds is 7. The normalized spacial score (nSPS) is 57.7. The van der Waals surface area contributed by atoms with Gasteiger partial charge in [-0.05, 0) is 80.0 Å². The third-order valence-electron chi connectivity index (χ3n) is 13.9. The Morgan fingerprint density at radius 1 is 0.932 bits per heavy atom. The minimum Gasteiger partial charge on any atom is -0.394 e. The zero-order chi connectivity index (χ0) is 32.0. The number of aliphatic hydroxyl groups is 8. The molecule has 0 bridgehead atoms. The Bertz CT molecular complexity index is 1050. The van der Waals surface area contributed by atoms with Crippen LogP contribution >= 0.6 is 0 Å². The van der Waals surface area contributed by atoms with Crippen LogP contribution in [0.5, 0.6) is 0 Å². The van der Waals surface area contributed by atoms with E-state index in [1.807, 2.05) is 6.92 Å². The van der Waals surface area contributed by atoms with Gasteiger partial charge in [0.2, 0.25) is 0 Å². The van der Waals surface area contributed by atoms with Crippen LogP contribution in [-0.2, 0) is 14.2 Å². The van der Waals surface area contributed by atoms with Gasteiger partial charge in [-0.3, -0.25) is 0 Å². The molecule has 18 atom stereocenters. The number of hydrogen-bond acceptors (Lipinski definition) is 11. The average molecular weight is 629 g/mol. The highest BCUT2D eigenvalue weighted by atomic mass is 16.7. The van der Waals surface area contributed by atoms with E-state index in [0.29, 0.717) is 43.9 Å². The van der Waals surface area contributed by atoms with E-state index in [4.69, 9.17) is 14.2 Å². The molecule has 0 aromatic heterocycles. The molecular weight excluding hydrogens is 572 g/mol. The summed E-state index contributed by atoms with van der Waals surface area (Å²) in [6.07, 6.45) is -2.19. The first-order chi connectivity index (χ1) is 20.6. The summed E-state index contributed by atoms with van der Waals surface area (Å²) in [4.78, 5) is 0. The van der Waals surface area contributed by atoms with Crippen LogP contribution in [0, 0.1) is 46.3 Å². The summed E-state index contributed by atoms with van der Waals surface area (Å²) in [7, 11) is 0. The summed E-state index contributed by atoms with van der Waals surface area (Å²) in [5.74, 6) is -0.253. The van der Waals surface area contributed by atoms with Crippen LogP contribution in [0.25, 0.3) is 0 Å². The van der Waals surface area contributed by atoms with Crippen molar-refractivity contribution in [1.82, 2.24) is 0 Å². The highest BCUT2D eigenvalue weighted by Gasteiger charge is 2.71. The molecule has 2 heterocycles. The van der Waals surface area contributed by atoms with E-state index in [1.165, 1.54) is 0 Å². The second-order valence-electron chi connectivity index (χ2n) is 16.1. The maximum absolute atomic E-state index is 11.8. The molecule has 2 saturated heterocycles. The van der Waals surface area contributed by atoms with Crippen molar-refractivity contribution in [1.29, 1.82) is 0 Å². The van der Waals surface area contributed by atoms with Crippen molar-refractivity contribution < 1.29 is 55.1 Å². The zero-order valence-electron chi connectivity index (χ0n) is 26.7. The predicted molar refractivity (Wildman–Crippen MR) is 157 cm³/mol. The van der Waals surface area contributed by atoms with E-state index < -0.39 is 66.3 Å². The predicted octanol–water partition coefficient (Wildman–Crippen LogP) is 0.658. The molecule has 0 amide bonds. The first-order valence-electron chi connectivity index (χ1n) is 17.0. The molecule has 4 aliphatic carbocycles. The maximum Gasteiger partial charge on any atom is 0.186 e. The minimum atomic E-state index is -1.49. The first-order valence-corrected chi connectivity index (χ1v) is 17.0. The molecule has 11 heteroatoms. The maximum atomic E-state index is 11.8. The van der Waals surface area contributed by atoms with Crippen LogP contribution in [0.3, 0.4) is 0 Å². The van der Waals surface area contributed by atoms with Gasteiger partial charge >= 0.3 is 0 Å². The average Bonchev–Trinajstić information content (AvgIpc) is 3.40. The van der Waals surface area contributed by atoms with Crippen LogP contribution in [0.1, 0.15) is 85.5 Å². The Balaban J connectivity index is 1.08. The third-order valence-corrected chi connectivity index (χ3v) is 13.9. The second-order valence-corrected chi connectivity index (χ2v) is 16.1. The SMILES string of the molecule is C[C@@H](CC[C@@]1(O)O[C@H]2C[C@H]3[C@@H]4CC[C@]5(O)C[C@H](O)C[C@@H](O)[C@]5(C)[C@H]4CC[C@]3(C)[C@H]2[C@@H]1C)CO[C@@H]1O[C@H](CO)[C@@H](O)[C@H](O)[C@H]1O. The highest BCUT2D eigenvalue weighted by molar-refractivity contribution is 5.19. The summed E-state index contributed by atoms with van der Waals surface area (Å²) < 4.78 is 17.7. The van der Waals surface area contributed by atoms with E-state index >= 15 is 0 Å². The number of ether oxygens (including phenoxy) is 3. The third kappa shape index (κ3) is 4.95. The van der Waals surface area contributed by atoms with Crippen molar-refractivity contribution in [3.63, 3.8) is 0 Å². The molecule has 4 saturated carbocycles. The van der Waals surface area contributed by atoms with E-state index in [2.05, 4.69) is 20.8 Å². The summed E-state index contributed by atoms with van der Waals surface area (Å²) in [6, 6.07) is 0. The lowest BCUT2D eigenvalue weighted by Gasteiger charge is -2.65. The first kappa shape index (κ1) is 33.5. The molecule has 11 nitrogen and oxygen atoms in total. The molecule has 2 aliphatic heterocycles. The molecule has 0 unspecified atom stereocenters. The van der Waals surface area contributed by atoms with Crippen LogP contribution in [-0.4, -0.2) is 114 Å². The van der Waals surface area contributed by atoms with Gasteiger partial charge in [0.1, 0.15) is 24.4 Å². The van der Waals surface area contributed by atoms with Gasteiger partial charge in [0.15, 0.2) is 12.1 Å². The van der Waals surface area contributed by atoms with Gasteiger partial charge < -0.3 is 55.1 Å². The summed E-state index contributed by atoms with van der Waals surface area (Å²) in [5.41, 5.74) is -1.71. The highest BCUT2D eigenvalue weighted by Crippen LogP contribution is 2.71. The van der Waals surface area contributed by atoms with E-state index in [1.54, 1.807) is 0 Å². The molecule has 254 valence electrons. The fourth-order valence-corrected chi connectivity index (χ4v) is 11.3. The van der Waals surface area contributed by atoms with Crippen molar-refractivity contribution in [3.8, 4) is 0 Å². The Kier molecular flexibility index (Phi) is 8.83. The molecule has 6 aliphatic rings. The van der Waals surface area contributed by atoms with Crippen LogP contribution in [0.4, 0.5) is 0 Å². The van der Waals surface area contributed by atoms with Crippen LogP contribution in [0.2, 0.25) is 0 Å². The van der Waals surface area contributed by atoms with Gasteiger partial charge in [0, 0.05) is 24.2 Å². The van der Waals surface area contributed by atoms with E-state index in [0.717, 1.165) is 25.7 Å². The molecule has 0 spiro atoms. The molecular formula is C33H56O11. The standard InChI is InChI=1S/C33H56O11/c1-16(15-42-29-28(39)27(38)26(37)23(14-34)43-29)5-10-33(41)17(2)25-22(44-33)12-21-19-6-9-32(40)13-18(35)11-24(36)31(32,4)20(19)7-8-30(21,25)3/h16-29,34-41H,5-15H2,1-4H3/t16-,17-,18+,19+,20-,21-,22-,23+,24+,25-,26+,27-,28+,29+,30-,31-,32-,33+/m0/s1. The van der Waals surface area contributed by atoms with E-state index in [-0.39, 0.29) is 41.8 Å². The minimum absolute atomic E-state index is 0.0154. The van der Waals surface area contributed by atoms with Gasteiger partial charge in [-0.2, -0.15) is 0 Å². The van der Waals surface area contributed by atoms with Crippen LogP contribution < -0.4 is 0 Å². The Morgan fingerprint density at radius 2 is 1.66 bits per heavy atom. The van der Waals surface area contributed by atoms with Gasteiger partial charge in [0.25, 0.3) is 0 Å². The molecule has 0 radical (unpaired) electrons. The largest absolute Gasteiger partial charge is 0.394 e. The number of aliphatic hydroxyl groups excluding tert-OH is 6. The fourth-order valence-electron chi connectivity index (χ4n) is 11.3. The molecule has 44 heavy (non-hydrogen) atoms. The van der Waals surface area contributed by atoms with Gasteiger partial charge in [-0.1, -0.05) is 27.7 Å². The lowest BCUT2D eigenvalue weighted by Crippen LogP contribution is -2.68. The molecule has 8 N–H and O–H groups in total. The van der Waals surface area contributed by atoms with Gasteiger partial charge in [-0.15, -0.1) is 0 Å². The smallest absolute Gasteiger partial charge is 0.186 e. The van der Waals surface area contributed by atoms with Crippen molar-refractivity contribution in [2.75, 3.05) is 13.2 Å². The van der Waals surface area contributed by atoms with Crippen molar-refractivity contribution in [2.45, 2.75) is 146 Å². The van der Waals surface area contributed by atoms with Crippen molar-refractivity contribution >= 4 is 0 Å². The van der Waals surface area contributed by atoms with E-state index in [9.17, 15) is 40.9 Å². The van der Waals surface area contributed by atoms with Gasteiger partial charge in [0.05, 0.1) is 37.1 Å². The quantitative estimate of drug-likeness (QED) is 0.198. The lowest BCUT2D eigenvalue weighted by molar-refractivity contribution is -0.303. The molecule has 6 fully saturated rings. The summed E-state index contributed by atoms with van der Waals surface area (Å²) >= 11 is 0. The zero-order valence-corrected chi connectivity index (χ0v) is 26.7. The fraction of sp³-hybridized carbons (Fsp3) is 1.00. The van der Waals surface area contributed by atoms with Crippen LogP contribution in [0.15, 0.2) is 0 Å². The van der Waals surface area contributed by atoms with Crippen molar-refractivity contribution in [3.05, 3.63) is 0 Å². The topological polar surface area (TPSA) is 190 Å². The van der Waals surface area contributed by atoms with Gasteiger partial charge in [-0.25, -0.2) is 0 Å². The molecule has 0 aromatic rings. The molecule has 0 aromatic carbocycles. The Labute approximate surface area is 260 Å². The monoisotopic (exact) mass is 628 g/mol. The van der Waals surface area contributed by atoms with Crippen molar-refractivity contribution in [2.24, 2.45) is 46.3 Å². The number of fused-ring (bicyclic) bond motifs is 7. The summed E-state index contributed by atoms with van der Waals surface area (Å²) in [6.45, 7) is 8.17. The second kappa shape index (κ2) is 11.6. The Hall–Kier alpha value is -0.440.